The summed E-state index contributed by atoms with van der Waals surface area (Å²) >= 11 is 0. The van der Waals surface area contributed by atoms with E-state index in [4.69, 9.17) is 4.98 Å². The fourth-order valence-electron chi connectivity index (χ4n) is 4.61. The molecule has 0 fully saturated rings. The molecule has 9 heteroatoms. The summed E-state index contributed by atoms with van der Waals surface area (Å²) in [6.45, 7) is 0. The summed E-state index contributed by atoms with van der Waals surface area (Å²) in [5.41, 5.74) is 8.00. The second-order valence-corrected chi connectivity index (χ2v) is 9.03. The first-order valence-corrected chi connectivity index (χ1v) is 12.3. The van der Waals surface area contributed by atoms with E-state index < -0.39 is 0 Å². The lowest BCUT2D eigenvalue weighted by atomic mass is 10.0. The number of fused-ring (bicyclic) bond motifs is 2. The van der Waals surface area contributed by atoms with Gasteiger partial charge in [0, 0.05) is 52.4 Å². The van der Waals surface area contributed by atoms with E-state index in [0.717, 1.165) is 44.2 Å². The second kappa shape index (κ2) is 9.31. The molecule has 1 amide bonds. The zero-order valence-corrected chi connectivity index (χ0v) is 20.5. The van der Waals surface area contributed by atoms with Gasteiger partial charge in [-0.15, -0.1) is 0 Å². The molecule has 7 aromatic rings. The molecular formula is C30H20N8O. The molecule has 0 aliphatic heterocycles. The minimum atomic E-state index is -0.188. The Morgan fingerprint density at radius 3 is 2.49 bits per heavy atom. The number of imidazole rings is 1. The van der Waals surface area contributed by atoms with Crippen molar-refractivity contribution in [2.75, 3.05) is 5.32 Å². The van der Waals surface area contributed by atoms with Crippen LogP contribution in [0.25, 0.3) is 55.7 Å². The first kappa shape index (κ1) is 22.5. The van der Waals surface area contributed by atoms with Gasteiger partial charge >= 0.3 is 0 Å². The number of pyridine rings is 3. The number of hydrogen-bond donors (Lipinski definition) is 3. The molecule has 186 valence electrons. The number of carbonyl (C=O) groups is 1. The van der Waals surface area contributed by atoms with E-state index in [0.29, 0.717) is 22.8 Å². The summed E-state index contributed by atoms with van der Waals surface area (Å²) in [7, 11) is 0. The molecule has 5 heterocycles. The van der Waals surface area contributed by atoms with Crippen LogP contribution in [0.15, 0.2) is 104 Å². The van der Waals surface area contributed by atoms with Gasteiger partial charge in [0.25, 0.3) is 5.91 Å². The van der Waals surface area contributed by atoms with Crippen molar-refractivity contribution < 1.29 is 4.79 Å². The maximum absolute atomic E-state index is 12.6. The van der Waals surface area contributed by atoms with Crippen LogP contribution in [-0.4, -0.2) is 41.0 Å². The lowest BCUT2D eigenvalue weighted by Crippen LogP contribution is -2.11. The van der Waals surface area contributed by atoms with Gasteiger partial charge in [0.15, 0.2) is 5.82 Å². The number of H-pyrrole nitrogens is 2. The summed E-state index contributed by atoms with van der Waals surface area (Å²) in [6.07, 6.45) is 10.5. The summed E-state index contributed by atoms with van der Waals surface area (Å²) in [6, 6.07) is 20.9. The van der Waals surface area contributed by atoms with Gasteiger partial charge in [0.05, 0.1) is 29.1 Å². The standard InChI is InChI=1S/C30H20N8O/c39-30(18-5-2-1-3-6-18)34-22-11-21(14-32-15-22)19-8-9-25-23(12-19)28(38-37-25)29-35-26-17-33-16-24(27(26)36-29)20-7-4-10-31-13-20/h1-17H,(H,34,39)(H,35,36)(H,37,38). The van der Waals surface area contributed by atoms with Crippen molar-refractivity contribution in [2.45, 2.75) is 0 Å². The van der Waals surface area contributed by atoms with Crippen LogP contribution in [0.1, 0.15) is 10.4 Å². The van der Waals surface area contributed by atoms with Crippen LogP contribution in [0.3, 0.4) is 0 Å². The number of rotatable bonds is 5. The lowest BCUT2D eigenvalue weighted by Gasteiger charge is -2.08. The third-order valence-electron chi connectivity index (χ3n) is 6.52. The fourth-order valence-corrected chi connectivity index (χ4v) is 4.61. The van der Waals surface area contributed by atoms with E-state index in [-0.39, 0.29) is 5.91 Å². The zero-order chi connectivity index (χ0) is 26.2. The molecule has 0 saturated heterocycles. The number of aromatic nitrogens is 7. The Balaban J connectivity index is 1.25. The Labute approximate surface area is 222 Å². The maximum atomic E-state index is 12.6. The normalized spacial score (nSPS) is 11.2. The smallest absolute Gasteiger partial charge is 0.255 e. The predicted octanol–water partition coefficient (Wildman–Crippen LogP) is 5.88. The molecule has 0 spiro atoms. The molecule has 0 atom stereocenters. The molecule has 9 nitrogen and oxygen atoms in total. The Bertz CT molecular complexity index is 1960. The monoisotopic (exact) mass is 508 g/mol. The number of nitrogens with one attached hydrogen (secondary N) is 3. The van der Waals surface area contributed by atoms with Gasteiger partial charge < -0.3 is 10.3 Å². The Hall–Kier alpha value is -5.70. The average Bonchev–Trinajstić information content (AvgIpc) is 3.62. The molecule has 39 heavy (non-hydrogen) atoms. The van der Waals surface area contributed by atoms with Crippen molar-refractivity contribution in [3.8, 4) is 33.8 Å². The largest absolute Gasteiger partial charge is 0.335 e. The Morgan fingerprint density at radius 1 is 0.744 bits per heavy atom. The minimum Gasteiger partial charge on any atom is -0.335 e. The highest BCUT2D eigenvalue weighted by Gasteiger charge is 2.16. The number of carbonyl (C=O) groups excluding carboxylic acids is 1. The van der Waals surface area contributed by atoms with E-state index in [1.54, 1.807) is 49.3 Å². The maximum Gasteiger partial charge on any atom is 0.255 e. The Kier molecular flexibility index (Phi) is 5.37. The molecular weight excluding hydrogens is 488 g/mol. The van der Waals surface area contributed by atoms with Crippen LogP contribution in [0.2, 0.25) is 0 Å². The van der Waals surface area contributed by atoms with E-state index in [9.17, 15) is 4.79 Å². The SMILES string of the molecule is O=C(Nc1cncc(-c2ccc3[nH]nc(-c4nc5c(-c6cccnc6)cncc5[nH]4)c3c2)c1)c1ccccc1. The minimum absolute atomic E-state index is 0.188. The summed E-state index contributed by atoms with van der Waals surface area (Å²) in [4.78, 5) is 33.9. The van der Waals surface area contributed by atoms with Crippen LogP contribution in [0.4, 0.5) is 5.69 Å². The fraction of sp³-hybridized carbons (Fsp3) is 0. The number of nitrogens with zero attached hydrogens (tertiary/aromatic N) is 5. The number of hydrogen-bond acceptors (Lipinski definition) is 6. The van der Waals surface area contributed by atoms with Crippen molar-refractivity contribution in [1.29, 1.82) is 0 Å². The molecule has 0 aliphatic carbocycles. The van der Waals surface area contributed by atoms with Crippen molar-refractivity contribution in [2.24, 2.45) is 0 Å². The number of amides is 1. The number of aromatic amines is 2. The third kappa shape index (κ3) is 4.17. The molecule has 0 saturated carbocycles. The van der Waals surface area contributed by atoms with Gasteiger partial charge in [-0.25, -0.2) is 4.98 Å². The summed E-state index contributed by atoms with van der Waals surface area (Å²) < 4.78 is 0. The van der Waals surface area contributed by atoms with Gasteiger partial charge in [-0.3, -0.25) is 24.8 Å². The highest BCUT2D eigenvalue weighted by molar-refractivity contribution is 6.04. The highest BCUT2D eigenvalue weighted by Crippen LogP contribution is 2.33. The molecule has 5 aromatic heterocycles. The topological polar surface area (TPSA) is 125 Å². The van der Waals surface area contributed by atoms with Gasteiger partial charge in [-0.2, -0.15) is 5.10 Å². The number of anilines is 1. The van der Waals surface area contributed by atoms with E-state index in [1.165, 1.54) is 0 Å². The van der Waals surface area contributed by atoms with E-state index >= 15 is 0 Å². The molecule has 0 unspecified atom stereocenters. The summed E-state index contributed by atoms with van der Waals surface area (Å²) in [5, 5.41) is 11.5. The van der Waals surface area contributed by atoms with Crippen molar-refractivity contribution >= 4 is 33.5 Å². The molecule has 2 aromatic carbocycles. The van der Waals surface area contributed by atoms with Gasteiger partial charge in [-0.1, -0.05) is 30.3 Å². The van der Waals surface area contributed by atoms with E-state index in [2.05, 4.69) is 35.5 Å². The zero-order valence-electron chi connectivity index (χ0n) is 20.5. The summed E-state index contributed by atoms with van der Waals surface area (Å²) in [5.74, 6) is 0.445. The van der Waals surface area contributed by atoms with Crippen LogP contribution >= 0.6 is 0 Å². The third-order valence-corrected chi connectivity index (χ3v) is 6.52. The molecule has 7 rings (SSSR count). The predicted molar refractivity (Wildman–Crippen MR) is 150 cm³/mol. The van der Waals surface area contributed by atoms with Crippen LogP contribution in [0.5, 0.6) is 0 Å². The second-order valence-electron chi connectivity index (χ2n) is 9.03. The van der Waals surface area contributed by atoms with Crippen LogP contribution in [-0.2, 0) is 0 Å². The van der Waals surface area contributed by atoms with Crippen molar-refractivity contribution in [3.63, 3.8) is 0 Å². The van der Waals surface area contributed by atoms with Crippen LogP contribution in [0, 0.1) is 0 Å². The molecule has 0 aliphatic rings. The molecule has 3 N–H and O–H groups in total. The first-order valence-electron chi connectivity index (χ1n) is 12.3. The quantitative estimate of drug-likeness (QED) is 0.267. The first-order chi connectivity index (χ1) is 19.2. The Morgan fingerprint density at radius 2 is 1.62 bits per heavy atom. The van der Waals surface area contributed by atoms with Gasteiger partial charge in [0.1, 0.15) is 11.2 Å². The van der Waals surface area contributed by atoms with E-state index in [1.807, 2.05) is 54.6 Å². The highest BCUT2D eigenvalue weighted by atomic mass is 16.1. The molecule has 0 bridgehead atoms. The van der Waals surface area contributed by atoms with Gasteiger partial charge in [-0.05, 0) is 42.0 Å². The van der Waals surface area contributed by atoms with Crippen molar-refractivity contribution in [3.05, 3.63) is 109 Å². The average molecular weight is 509 g/mol. The lowest BCUT2D eigenvalue weighted by molar-refractivity contribution is 0.102. The van der Waals surface area contributed by atoms with Gasteiger partial charge in [0.2, 0.25) is 0 Å². The molecule has 0 radical (unpaired) electrons. The van der Waals surface area contributed by atoms with Crippen molar-refractivity contribution in [1.82, 2.24) is 35.1 Å². The van der Waals surface area contributed by atoms with Crippen LogP contribution < -0.4 is 5.32 Å². The number of benzene rings is 2.